The third-order valence-electron chi connectivity index (χ3n) is 4.16. The smallest absolute Gasteiger partial charge is 0.312 e. The fraction of sp³-hybridized carbons (Fsp3) is 0.200. The van der Waals surface area contributed by atoms with Gasteiger partial charge >= 0.3 is 5.97 Å². The molecule has 2 aromatic carbocycles. The van der Waals surface area contributed by atoms with Crippen LogP contribution in [0.15, 0.2) is 57.5 Å². The lowest BCUT2D eigenvalue weighted by atomic mass is 10.1. The van der Waals surface area contributed by atoms with E-state index in [4.69, 9.17) is 13.7 Å². The van der Waals surface area contributed by atoms with E-state index < -0.39 is 12.1 Å². The number of aryl methyl sites for hydroxylation is 1. The molecule has 7 nitrogen and oxygen atoms in total. The van der Waals surface area contributed by atoms with E-state index >= 15 is 0 Å². The highest BCUT2D eigenvalue weighted by Gasteiger charge is 2.21. The molecule has 0 aliphatic heterocycles. The zero-order valence-electron chi connectivity index (χ0n) is 14.9. The number of carbonyl (C=O) groups excluding carboxylic acids is 1. The lowest BCUT2D eigenvalue weighted by molar-refractivity contribution is -0.148. The van der Waals surface area contributed by atoms with Crippen LogP contribution in [0.1, 0.15) is 30.2 Å². The number of esters is 1. The molecule has 0 aliphatic rings. The van der Waals surface area contributed by atoms with Crippen LogP contribution in [0.4, 0.5) is 0 Å². The Morgan fingerprint density at radius 2 is 1.89 bits per heavy atom. The number of rotatable bonds is 5. The van der Waals surface area contributed by atoms with Gasteiger partial charge in [0, 0.05) is 10.9 Å². The molecule has 0 bridgehead atoms. The first kappa shape index (κ1) is 17.0. The van der Waals surface area contributed by atoms with Crippen molar-refractivity contribution in [2.45, 2.75) is 26.4 Å². The van der Waals surface area contributed by atoms with Gasteiger partial charge in [-0.15, -0.1) is 10.2 Å². The predicted octanol–water partition coefficient (Wildman–Crippen LogP) is 4.03. The van der Waals surface area contributed by atoms with E-state index in [0.29, 0.717) is 17.2 Å². The van der Waals surface area contributed by atoms with Crippen LogP contribution < -0.4 is 0 Å². The van der Waals surface area contributed by atoms with Gasteiger partial charge in [-0.2, -0.15) is 0 Å². The molecule has 1 atom stereocenters. The van der Waals surface area contributed by atoms with Gasteiger partial charge in [-0.05, 0) is 38.1 Å². The summed E-state index contributed by atoms with van der Waals surface area (Å²) in [6, 6.07) is 15.1. The Labute approximate surface area is 154 Å². The maximum absolute atomic E-state index is 12.3. The summed E-state index contributed by atoms with van der Waals surface area (Å²) in [5, 5.41) is 12.7. The molecule has 4 aromatic rings. The number of fused-ring (bicyclic) bond motifs is 1. The second kappa shape index (κ2) is 7.03. The van der Waals surface area contributed by atoms with Crippen molar-refractivity contribution < 1.29 is 18.5 Å². The quantitative estimate of drug-likeness (QED) is 0.494. The number of carbonyl (C=O) groups is 1. The van der Waals surface area contributed by atoms with E-state index in [1.807, 2.05) is 49.4 Å². The summed E-state index contributed by atoms with van der Waals surface area (Å²) in [6.45, 7) is 3.69. The van der Waals surface area contributed by atoms with E-state index in [-0.39, 0.29) is 12.3 Å². The Balaban J connectivity index is 1.43. The van der Waals surface area contributed by atoms with Crippen LogP contribution in [-0.4, -0.2) is 21.3 Å². The van der Waals surface area contributed by atoms with Gasteiger partial charge in [0.05, 0.1) is 6.42 Å². The molecule has 136 valence electrons. The Morgan fingerprint density at radius 1 is 1.11 bits per heavy atom. The summed E-state index contributed by atoms with van der Waals surface area (Å²) in [4.78, 5) is 12.3. The largest absolute Gasteiger partial charge is 0.452 e. The van der Waals surface area contributed by atoms with Gasteiger partial charge in [-0.3, -0.25) is 4.79 Å². The van der Waals surface area contributed by atoms with Crippen LogP contribution in [0.5, 0.6) is 0 Å². The fourth-order valence-electron chi connectivity index (χ4n) is 2.70. The normalized spacial score (nSPS) is 12.2. The average Bonchev–Trinajstić information content (AvgIpc) is 3.30. The molecule has 0 saturated carbocycles. The van der Waals surface area contributed by atoms with Gasteiger partial charge in [0.15, 0.2) is 11.7 Å². The minimum atomic E-state index is -0.664. The van der Waals surface area contributed by atoms with E-state index in [2.05, 4.69) is 15.4 Å². The second-order valence-corrected chi connectivity index (χ2v) is 6.25. The molecular formula is C20H17N3O4. The third kappa shape index (κ3) is 3.57. The molecule has 2 heterocycles. The van der Waals surface area contributed by atoms with Crippen molar-refractivity contribution in [2.75, 3.05) is 0 Å². The second-order valence-electron chi connectivity index (χ2n) is 6.25. The minimum absolute atomic E-state index is 0.000307. The van der Waals surface area contributed by atoms with Crippen molar-refractivity contribution in [3.05, 3.63) is 65.7 Å². The first-order valence-electron chi connectivity index (χ1n) is 8.53. The van der Waals surface area contributed by atoms with Crippen LogP contribution in [0.25, 0.3) is 22.4 Å². The molecule has 4 rings (SSSR count). The predicted molar refractivity (Wildman–Crippen MR) is 96.7 cm³/mol. The van der Waals surface area contributed by atoms with Crippen LogP contribution >= 0.6 is 0 Å². The molecule has 0 amide bonds. The highest BCUT2D eigenvalue weighted by atomic mass is 16.6. The summed E-state index contributed by atoms with van der Waals surface area (Å²) in [6.07, 6.45) is -0.664. The summed E-state index contributed by atoms with van der Waals surface area (Å²) in [5.41, 5.74) is 3.12. The first-order valence-corrected chi connectivity index (χ1v) is 8.53. The number of para-hydroxylation sites is 1. The number of nitrogens with zero attached hydrogens (tertiary/aromatic N) is 3. The summed E-state index contributed by atoms with van der Waals surface area (Å²) < 4.78 is 16.3. The van der Waals surface area contributed by atoms with Gasteiger partial charge in [0.2, 0.25) is 5.89 Å². The number of hydrogen-bond acceptors (Lipinski definition) is 7. The van der Waals surface area contributed by atoms with E-state index in [0.717, 1.165) is 16.5 Å². The third-order valence-corrected chi connectivity index (χ3v) is 4.16. The number of benzene rings is 2. The molecule has 27 heavy (non-hydrogen) atoms. The van der Waals surface area contributed by atoms with Crippen LogP contribution in [0.2, 0.25) is 0 Å². The zero-order valence-corrected chi connectivity index (χ0v) is 14.9. The maximum Gasteiger partial charge on any atom is 0.312 e. The molecule has 2 aromatic heterocycles. The monoisotopic (exact) mass is 363 g/mol. The van der Waals surface area contributed by atoms with Crippen molar-refractivity contribution in [2.24, 2.45) is 0 Å². The lowest BCUT2D eigenvalue weighted by Crippen LogP contribution is -2.12. The lowest BCUT2D eigenvalue weighted by Gasteiger charge is -2.08. The van der Waals surface area contributed by atoms with Crippen molar-refractivity contribution in [1.82, 2.24) is 15.4 Å². The molecule has 0 saturated heterocycles. The number of hydrogen-bond donors (Lipinski definition) is 0. The van der Waals surface area contributed by atoms with E-state index in [1.54, 1.807) is 13.0 Å². The molecule has 7 heteroatoms. The van der Waals surface area contributed by atoms with Crippen LogP contribution in [0.3, 0.4) is 0 Å². The fourth-order valence-corrected chi connectivity index (χ4v) is 2.70. The van der Waals surface area contributed by atoms with Crippen molar-refractivity contribution in [1.29, 1.82) is 0 Å². The average molecular weight is 363 g/mol. The standard InChI is InChI=1S/C20H17N3O4/c1-12-7-9-14(10-8-12)20-22-21-19(26-20)13(2)25-18(24)11-16-15-5-3-4-6-17(15)27-23-16/h3-10,13H,11H2,1-2H3/t13-/m0/s1. The zero-order chi connectivity index (χ0) is 18.8. The Hall–Kier alpha value is -3.48. The molecule has 0 radical (unpaired) electrons. The molecule has 0 N–H and O–H groups in total. The van der Waals surface area contributed by atoms with Crippen molar-refractivity contribution in [3.63, 3.8) is 0 Å². The van der Waals surface area contributed by atoms with Crippen molar-refractivity contribution >= 4 is 16.9 Å². The van der Waals surface area contributed by atoms with Gasteiger partial charge in [0.25, 0.3) is 5.89 Å². The summed E-state index contributed by atoms with van der Waals surface area (Å²) in [5.74, 6) is 0.177. The van der Waals surface area contributed by atoms with Crippen LogP contribution in [0, 0.1) is 6.92 Å². The highest BCUT2D eigenvalue weighted by molar-refractivity contribution is 5.84. The molecular weight excluding hydrogens is 346 g/mol. The van der Waals surface area contributed by atoms with Gasteiger partial charge in [-0.1, -0.05) is 35.0 Å². The molecule has 0 fully saturated rings. The maximum atomic E-state index is 12.3. The van der Waals surface area contributed by atoms with Gasteiger partial charge in [0.1, 0.15) is 5.69 Å². The molecule has 0 unspecified atom stereocenters. The Morgan fingerprint density at radius 3 is 2.70 bits per heavy atom. The van der Waals surface area contributed by atoms with Crippen LogP contribution in [-0.2, 0) is 16.0 Å². The van der Waals surface area contributed by atoms with E-state index in [1.165, 1.54) is 0 Å². The summed E-state index contributed by atoms with van der Waals surface area (Å²) in [7, 11) is 0. The van der Waals surface area contributed by atoms with Crippen molar-refractivity contribution in [3.8, 4) is 11.5 Å². The van der Waals surface area contributed by atoms with Gasteiger partial charge < -0.3 is 13.7 Å². The Bertz CT molecular complexity index is 1080. The Kier molecular flexibility index (Phi) is 4.42. The molecule has 0 aliphatic carbocycles. The van der Waals surface area contributed by atoms with E-state index in [9.17, 15) is 4.79 Å². The highest BCUT2D eigenvalue weighted by Crippen LogP contribution is 2.24. The SMILES string of the molecule is Cc1ccc(-c2nnc([C@H](C)OC(=O)Cc3noc4ccccc34)o2)cc1. The number of ether oxygens (including phenoxy) is 1. The first-order chi connectivity index (χ1) is 13.1. The molecule has 0 spiro atoms. The van der Waals surface area contributed by atoms with Gasteiger partial charge in [-0.25, -0.2) is 0 Å². The summed E-state index contributed by atoms with van der Waals surface area (Å²) >= 11 is 0. The minimum Gasteiger partial charge on any atom is -0.452 e. The topological polar surface area (TPSA) is 91.2 Å². The number of aromatic nitrogens is 3.